The first-order valence-corrected chi connectivity index (χ1v) is 7.93. The van der Waals surface area contributed by atoms with Gasteiger partial charge in [-0.05, 0) is 43.0 Å². The summed E-state index contributed by atoms with van der Waals surface area (Å²) in [6.07, 6.45) is 3.05. The smallest absolute Gasteiger partial charge is 0.240 e. The highest BCUT2D eigenvalue weighted by Crippen LogP contribution is 2.32. The van der Waals surface area contributed by atoms with Crippen LogP contribution in [0.5, 0.6) is 0 Å². The molecule has 0 saturated carbocycles. The fourth-order valence-corrected chi connectivity index (χ4v) is 3.05. The maximum Gasteiger partial charge on any atom is 0.240 e. The normalized spacial score (nSPS) is 19.2. The quantitative estimate of drug-likeness (QED) is 0.843. The molecule has 1 fully saturated rings. The van der Waals surface area contributed by atoms with E-state index in [2.05, 4.69) is 28.9 Å². The molecule has 0 amide bonds. The summed E-state index contributed by atoms with van der Waals surface area (Å²) < 4.78 is 18.4. The van der Waals surface area contributed by atoms with Gasteiger partial charge in [0.2, 0.25) is 5.89 Å². The van der Waals surface area contributed by atoms with Gasteiger partial charge in [0.25, 0.3) is 0 Å². The highest BCUT2D eigenvalue weighted by Gasteiger charge is 2.27. The monoisotopic (exact) mass is 303 g/mol. The molecule has 0 N–H and O–H groups in total. The summed E-state index contributed by atoms with van der Waals surface area (Å²) in [4.78, 5) is 6.81. The molecule has 1 aromatic heterocycles. The van der Waals surface area contributed by atoms with E-state index in [4.69, 9.17) is 4.52 Å². The Morgan fingerprint density at radius 2 is 2.09 bits per heavy atom. The SMILES string of the molecule is CC(C)Cc1noc(CN2CCCC2c2ccc(F)cc2)n1. The second-order valence-corrected chi connectivity index (χ2v) is 6.38. The minimum Gasteiger partial charge on any atom is -0.338 e. The van der Waals surface area contributed by atoms with Crippen LogP contribution in [0.15, 0.2) is 28.8 Å². The van der Waals surface area contributed by atoms with E-state index in [1.807, 2.05) is 12.1 Å². The van der Waals surface area contributed by atoms with Crippen LogP contribution in [0.1, 0.15) is 50.0 Å². The zero-order chi connectivity index (χ0) is 15.5. The molecule has 0 radical (unpaired) electrons. The van der Waals surface area contributed by atoms with Crippen molar-refractivity contribution in [2.75, 3.05) is 6.54 Å². The summed E-state index contributed by atoms with van der Waals surface area (Å²) in [7, 11) is 0. The minimum atomic E-state index is -0.191. The molecule has 1 aromatic carbocycles. The number of rotatable bonds is 5. The third-order valence-corrected chi connectivity index (χ3v) is 4.06. The van der Waals surface area contributed by atoms with Gasteiger partial charge in [-0.1, -0.05) is 31.1 Å². The standard InChI is InChI=1S/C17H22FN3O/c1-12(2)10-16-19-17(22-20-16)11-21-9-3-4-15(21)13-5-7-14(18)8-6-13/h5-8,12,15H,3-4,9-11H2,1-2H3. The molecule has 5 heteroatoms. The highest BCUT2D eigenvalue weighted by molar-refractivity contribution is 5.21. The Kier molecular flexibility index (Phi) is 4.52. The summed E-state index contributed by atoms with van der Waals surface area (Å²) in [5.41, 5.74) is 1.15. The van der Waals surface area contributed by atoms with Gasteiger partial charge in [0, 0.05) is 12.5 Å². The Hall–Kier alpha value is -1.75. The first kappa shape index (κ1) is 15.2. The van der Waals surface area contributed by atoms with E-state index in [9.17, 15) is 4.39 Å². The molecular weight excluding hydrogens is 281 g/mol. The van der Waals surface area contributed by atoms with Gasteiger partial charge >= 0.3 is 0 Å². The number of benzene rings is 1. The second-order valence-electron chi connectivity index (χ2n) is 6.38. The van der Waals surface area contributed by atoms with Gasteiger partial charge < -0.3 is 4.52 Å². The third-order valence-electron chi connectivity index (χ3n) is 4.06. The van der Waals surface area contributed by atoms with Gasteiger partial charge in [0.15, 0.2) is 5.82 Å². The van der Waals surface area contributed by atoms with Crippen LogP contribution < -0.4 is 0 Å². The van der Waals surface area contributed by atoms with Crippen molar-refractivity contribution in [1.82, 2.24) is 15.0 Å². The fourth-order valence-electron chi connectivity index (χ4n) is 3.05. The van der Waals surface area contributed by atoms with Crippen molar-refractivity contribution in [3.8, 4) is 0 Å². The summed E-state index contributed by atoms with van der Waals surface area (Å²) in [5, 5.41) is 4.05. The first-order valence-electron chi connectivity index (χ1n) is 7.93. The van der Waals surface area contributed by atoms with E-state index in [0.717, 1.165) is 37.2 Å². The van der Waals surface area contributed by atoms with Gasteiger partial charge in [0.1, 0.15) is 5.82 Å². The molecule has 1 atom stereocenters. The van der Waals surface area contributed by atoms with Gasteiger partial charge in [-0.25, -0.2) is 4.39 Å². The largest absolute Gasteiger partial charge is 0.338 e. The Bertz CT molecular complexity index is 609. The molecule has 1 unspecified atom stereocenters. The van der Waals surface area contributed by atoms with Crippen molar-refractivity contribution >= 4 is 0 Å². The molecule has 1 aliphatic heterocycles. The van der Waals surface area contributed by atoms with Gasteiger partial charge in [0.05, 0.1) is 6.54 Å². The molecule has 22 heavy (non-hydrogen) atoms. The van der Waals surface area contributed by atoms with Crippen LogP contribution in [-0.2, 0) is 13.0 Å². The molecular formula is C17H22FN3O. The molecule has 0 spiro atoms. The zero-order valence-corrected chi connectivity index (χ0v) is 13.1. The van der Waals surface area contributed by atoms with E-state index in [-0.39, 0.29) is 5.82 Å². The Labute approximate surface area is 130 Å². The van der Waals surface area contributed by atoms with Crippen molar-refractivity contribution in [2.24, 2.45) is 5.92 Å². The van der Waals surface area contributed by atoms with Gasteiger partial charge in [-0.3, -0.25) is 4.90 Å². The van der Waals surface area contributed by atoms with E-state index in [1.54, 1.807) is 0 Å². The second kappa shape index (κ2) is 6.57. The number of halogens is 1. The molecule has 3 rings (SSSR count). The lowest BCUT2D eigenvalue weighted by molar-refractivity contribution is 0.212. The van der Waals surface area contributed by atoms with Crippen molar-refractivity contribution < 1.29 is 8.91 Å². The van der Waals surface area contributed by atoms with Crippen molar-refractivity contribution in [2.45, 2.75) is 45.7 Å². The van der Waals surface area contributed by atoms with Crippen LogP contribution in [0.25, 0.3) is 0 Å². The van der Waals surface area contributed by atoms with Crippen LogP contribution in [0, 0.1) is 11.7 Å². The topological polar surface area (TPSA) is 42.2 Å². The van der Waals surface area contributed by atoms with E-state index < -0.39 is 0 Å². The van der Waals surface area contributed by atoms with Crippen molar-refractivity contribution in [3.05, 3.63) is 47.4 Å². The van der Waals surface area contributed by atoms with Gasteiger partial charge in [-0.15, -0.1) is 0 Å². The predicted octanol–water partition coefficient (Wildman–Crippen LogP) is 3.74. The number of nitrogens with zero attached hydrogens (tertiary/aromatic N) is 3. The Morgan fingerprint density at radius 1 is 1.32 bits per heavy atom. The molecule has 118 valence electrons. The van der Waals surface area contributed by atoms with Gasteiger partial charge in [-0.2, -0.15) is 4.98 Å². The molecule has 4 nitrogen and oxygen atoms in total. The number of aromatic nitrogens is 2. The lowest BCUT2D eigenvalue weighted by atomic mass is 10.0. The average molecular weight is 303 g/mol. The maximum atomic E-state index is 13.1. The van der Waals surface area contributed by atoms with Crippen LogP contribution in [-0.4, -0.2) is 21.6 Å². The Morgan fingerprint density at radius 3 is 2.82 bits per heavy atom. The molecule has 1 aliphatic rings. The van der Waals surface area contributed by atoms with Crippen LogP contribution in [0.2, 0.25) is 0 Å². The molecule has 1 saturated heterocycles. The van der Waals surface area contributed by atoms with E-state index >= 15 is 0 Å². The van der Waals surface area contributed by atoms with Crippen LogP contribution in [0.4, 0.5) is 4.39 Å². The Balaban J connectivity index is 1.68. The maximum absolute atomic E-state index is 13.1. The number of likely N-dealkylation sites (tertiary alicyclic amines) is 1. The third kappa shape index (κ3) is 3.53. The summed E-state index contributed by atoms with van der Waals surface area (Å²) in [6.45, 7) is 5.94. The minimum absolute atomic E-state index is 0.191. The molecule has 0 bridgehead atoms. The fraction of sp³-hybridized carbons (Fsp3) is 0.529. The first-order chi connectivity index (χ1) is 10.6. The van der Waals surface area contributed by atoms with Crippen molar-refractivity contribution in [1.29, 1.82) is 0 Å². The van der Waals surface area contributed by atoms with Crippen LogP contribution >= 0.6 is 0 Å². The number of hydrogen-bond acceptors (Lipinski definition) is 4. The zero-order valence-electron chi connectivity index (χ0n) is 13.1. The predicted molar refractivity (Wildman–Crippen MR) is 81.6 cm³/mol. The van der Waals surface area contributed by atoms with Crippen LogP contribution in [0.3, 0.4) is 0 Å². The summed E-state index contributed by atoms with van der Waals surface area (Å²) >= 11 is 0. The van der Waals surface area contributed by atoms with E-state index in [1.165, 1.54) is 12.1 Å². The summed E-state index contributed by atoms with van der Waals surface area (Å²) in [6, 6.07) is 7.10. The molecule has 2 aromatic rings. The highest BCUT2D eigenvalue weighted by atomic mass is 19.1. The number of hydrogen-bond donors (Lipinski definition) is 0. The lowest BCUT2D eigenvalue weighted by Gasteiger charge is -2.23. The van der Waals surface area contributed by atoms with Crippen molar-refractivity contribution in [3.63, 3.8) is 0 Å². The lowest BCUT2D eigenvalue weighted by Crippen LogP contribution is -2.23. The molecule has 0 aliphatic carbocycles. The van der Waals surface area contributed by atoms with E-state index in [0.29, 0.717) is 24.4 Å². The summed E-state index contributed by atoms with van der Waals surface area (Å²) in [5.74, 6) is 1.78. The molecule has 2 heterocycles. The average Bonchev–Trinajstić information content (AvgIpc) is 3.09.